The lowest BCUT2D eigenvalue weighted by molar-refractivity contribution is -0.274. The number of nitrogens with zero attached hydrogens (tertiary/aromatic N) is 5. The summed E-state index contributed by atoms with van der Waals surface area (Å²) in [6, 6.07) is 9.38. The molecule has 1 N–H and O–H groups in total. The van der Waals surface area contributed by atoms with Crippen LogP contribution in [0.3, 0.4) is 0 Å². The SMILES string of the molecule is CCc1ccc(NCCCN(C)C)nc1.CN=C(C=C(C)C)c1nc(-c2ccc(OC(F)(F)F)cc2)no1. The number of allylic oxidation sites excluding steroid dienone is 2. The topological polar surface area (TPSA) is 88.7 Å². The summed E-state index contributed by atoms with van der Waals surface area (Å²) in [4.78, 5) is 14.8. The highest BCUT2D eigenvalue weighted by atomic mass is 19.4. The third-order valence-corrected chi connectivity index (χ3v) is 4.98. The molecule has 0 saturated carbocycles. The van der Waals surface area contributed by atoms with Gasteiger partial charge in [-0.2, -0.15) is 4.98 Å². The minimum atomic E-state index is -4.72. The highest BCUT2D eigenvalue weighted by Crippen LogP contribution is 2.25. The van der Waals surface area contributed by atoms with E-state index >= 15 is 0 Å². The second-order valence-electron chi connectivity index (χ2n) is 8.81. The monoisotopic (exact) mass is 532 g/mol. The number of ether oxygens (including phenoxy) is 1. The Kier molecular flexibility index (Phi) is 11.9. The van der Waals surface area contributed by atoms with Crippen LogP contribution < -0.4 is 10.1 Å². The van der Waals surface area contributed by atoms with Gasteiger partial charge in [-0.1, -0.05) is 23.7 Å². The van der Waals surface area contributed by atoms with Crippen LogP contribution in [-0.4, -0.2) is 66.3 Å². The highest BCUT2D eigenvalue weighted by Gasteiger charge is 2.31. The zero-order chi connectivity index (χ0) is 28.1. The molecule has 0 radical (unpaired) electrons. The van der Waals surface area contributed by atoms with Crippen LogP contribution in [0.5, 0.6) is 5.75 Å². The summed E-state index contributed by atoms with van der Waals surface area (Å²) in [6.45, 7) is 8.04. The highest BCUT2D eigenvalue weighted by molar-refractivity contribution is 6.05. The van der Waals surface area contributed by atoms with E-state index in [2.05, 4.69) is 68.2 Å². The molecule has 0 amide bonds. The molecular formula is C27H35F3N6O2. The van der Waals surface area contributed by atoms with Crippen molar-refractivity contribution in [3.63, 3.8) is 0 Å². The van der Waals surface area contributed by atoms with Gasteiger partial charge in [0.1, 0.15) is 17.3 Å². The number of aromatic nitrogens is 3. The fourth-order valence-corrected chi connectivity index (χ4v) is 3.10. The Morgan fingerprint density at radius 3 is 2.37 bits per heavy atom. The molecule has 1 aromatic carbocycles. The van der Waals surface area contributed by atoms with Gasteiger partial charge in [0, 0.05) is 25.4 Å². The van der Waals surface area contributed by atoms with Crippen molar-refractivity contribution in [3.8, 4) is 17.1 Å². The lowest BCUT2D eigenvalue weighted by Gasteiger charge is -2.10. The quantitative estimate of drug-likeness (QED) is 0.252. The number of alkyl halides is 3. The molecule has 0 bridgehead atoms. The third kappa shape index (κ3) is 11.1. The number of rotatable bonds is 10. The maximum atomic E-state index is 12.1. The summed E-state index contributed by atoms with van der Waals surface area (Å²) < 4.78 is 45.3. The Morgan fingerprint density at radius 2 is 1.84 bits per heavy atom. The molecule has 8 nitrogen and oxygen atoms in total. The Hall–Kier alpha value is -3.73. The van der Waals surface area contributed by atoms with Gasteiger partial charge in [-0.25, -0.2) is 4.98 Å². The van der Waals surface area contributed by atoms with Crippen molar-refractivity contribution < 1.29 is 22.4 Å². The number of anilines is 1. The number of hydrogen-bond acceptors (Lipinski definition) is 8. The molecule has 0 saturated heterocycles. The van der Waals surface area contributed by atoms with E-state index in [1.54, 1.807) is 13.1 Å². The van der Waals surface area contributed by atoms with Crippen molar-refractivity contribution in [2.24, 2.45) is 4.99 Å². The molecule has 0 aliphatic carbocycles. The first-order valence-corrected chi connectivity index (χ1v) is 12.2. The number of pyridine rings is 1. The van der Waals surface area contributed by atoms with Crippen molar-refractivity contribution in [3.05, 3.63) is 65.7 Å². The minimum absolute atomic E-state index is 0.235. The molecular weight excluding hydrogens is 497 g/mol. The average Bonchev–Trinajstić information content (AvgIpc) is 3.35. The van der Waals surface area contributed by atoms with Crippen LogP contribution in [0.25, 0.3) is 11.4 Å². The molecule has 3 aromatic rings. The van der Waals surface area contributed by atoms with Gasteiger partial charge in [0.05, 0.1) is 0 Å². The number of aryl methyl sites for hydroxylation is 1. The van der Waals surface area contributed by atoms with Crippen molar-refractivity contribution in [2.75, 3.05) is 39.5 Å². The van der Waals surface area contributed by atoms with E-state index in [1.165, 1.54) is 29.8 Å². The van der Waals surface area contributed by atoms with Crippen LogP contribution in [0.1, 0.15) is 38.6 Å². The fourth-order valence-electron chi connectivity index (χ4n) is 3.10. The molecule has 0 unspecified atom stereocenters. The summed E-state index contributed by atoms with van der Waals surface area (Å²) in [7, 11) is 5.78. The second-order valence-corrected chi connectivity index (χ2v) is 8.81. The fraction of sp³-hybridized carbons (Fsp3) is 0.407. The molecule has 0 aliphatic rings. The molecule has 2 heterocycles. The summed E-state index contributed by atoms with van der Waals surface area (Å²) in [5.41, 5.74) is 3.33. The van der Waals surface area contributed by atoms with E-state index < -0.39 is 6.36 Å². The van der Waals surface area contributed by atoms with E-state index in [-0.39, 0.29) is 17.5 Å². The molecule has 11 heteroatoms. The van der Waals surface area contributed by atoms with Gasteiger partial charge < -0.3 is 19.5 Å². The number of halogens is 3. The van der Waals surface area contributed by atoms with Gasteiger partial charge in [-0.3, -0.25) is 4.99 Å². The number of hydrogen-bond donors (Lipinski definition) is 1. The molecule has 0 aliphatic heterocycles. The van der Waals surface area contributed by atoms with Crippen LogP contribution in [0.15, 0.2) is 63.8 Å². The first-order valence-electron chi connectivity index (χ1n) is 12.2. The van der Waals surface area contributed by atoms with Gasteiger partial charge in [0.2, 0.25) is 5.82 Å². The first-order chi connectivity index (χ1) is 18.0. The average molecular weight is 533 g/mol. The molecule has 0 fully saturated rings. The maximum Gasteiger partial charge on any atom is 0.573 e. The number of aliphatic imine (C=N–C) groups is 1. The summed E-state index contributed by atoms with van der Waals surface area (Å²) in [5.74, 6) is 1.15. The van der Waals surface area contributed by atoms with Crippen molar-refractivity contribution in [1.82, 2.24) is 20.0 Å². The van der Waals surface area contributed by atoms with Gasteiger partial charge in [0.25, 0.3) is 5.89 Å². The Labute approximate surface area is 221 Å². The minimum Gasteiger partial charge on any atom is -0.406 e. The summed E-state index contributed by atoms with van der Waals surface area (Å²) in [6.07, 6.45) is 1.20. The van der Waals surface area contributed by atoms with Crippen molar-refractivity contribution in [1.29, 1.82) is 0 Å². The maximum absolute atomic E-state index is 12.1. The molecule has 0 spiro atoms. The van der Waals surface area contributed by atoms with Crippen LogP contribution in [-0.2, 0) is 6.42 Å². The van der Waals surface area contributed by atoms with Gasteiger partial charge >= 0.3 is 6.36 Å². The van der Waals surface area contributed by atoms with Crippen LogP contribution in [0, 0.1) is 0 Å². The lowest BCUT2D eigenvalue weighted by atomic mass is 10.2. The smallest absolute Gasteiger partial charge is 0.406 e. The summed E-state index contributed by atoms with van der Waals surface area (Å²) in [5, 5.41) is 7.12. The molecule has 0 atom stereocenters. The van der Waals surface area contributed by atoms with E-state index in [0.29, 0.717) is 11.3 Å². The lowest BCUT2D eigenvalue weighted by Crippen LogP contribution is -2.16. The first kappa shape index (κ1) is 30.5. The van der Waals surface area contributed by atoms with Crippen LogP contribution >= 0.6 is 0 Å². The molecule has 3 rings (SSSR count). The van der Waals surface area contributed by atoms with E-state index in [0.717, 1.165) is 37.3 Å². The van der Waals surface area contributed by atoms with Gasteiger partial charge in [0.15, 0.2) is 0 Å². The number of benzene rings is 1. The normalized spacial score (nSPS) is 11.6. The molecule has 206 valence electrons. The zero-order valence-corrected chi connectivity index (χ0v) is 22.6. The van der Waals surface area contributed by atoms with Gasteiger partial charge in [-0.05, 0) is 89.3 Å². The van der Waals surface area contributed by atoms with Gasteiger partial charge in [-0.15, -0.1) is 13.2 Å². The molecule has 38 heavy (non-hydrogen) atoms. The zero-order valence-electron chi connectivity index (χ0n) is 22.6. The second kappa shape index (κ2) is 14.9. The van der Waals surface area contributed by atoms with Crippen LogP contribution in [0.2, 0.25) is 0 Å². The summed E-state index contributed by atoms with van der Waals surface area (Å²) >= 11 is 0. The van der Waals surface area contributed by atoms with Crippen molar-refractivity contribution in [2.45, 2.75) is 40.0 Å². The Bertz CT molecular complexity index is 1170. The predicted molar refractivity (Wildman–Crippen MR) is 144 cm³/mol. The Morgan fingerprint density at radius 1 is 1.13 bits per heavy atom. The van der Waals surface area contributed by atoms with E-state index in [9.17, 15) is 13.2 Å². The number of nitrogens with one attached hydrogen (secondary N) is 1. The Balaban J connectivity index is 0.000000293. The van der Waals surface area contributed by atoms with E-state index in [1.807, 2.05) is 20.0 Å². The largest absolute Gasteiger partial charge is 0.573 e. The standard InChI is InChI=1S/C15H14F3N3O2.C12H21N3/c1-9(2)8-12(19-3)14-20-13(21-23-14)10-4-6-11(7-5-10)22-15(16,17)18;1-4-11-6-7-12(14-10-11)13-8-5-9-15(2)3/h4-8H,1-3H3;6-7,10H,4-5,8-9H2,1-3H3,(H,13,14). The third-order valence-electron chi connectivity index (χ3n) is 4.98. The molecule has 2 aromatic heterocycles. The van der Waals surface area contributed by atoms with Crippen molar-refractivity contribution >= 4 is 11.5 Å². The van der Waals surface area contributed by atoms with Crippen LogP contribution in [0.4, 0.5) is 19.0 Å². The van der Waals surface area contributed by atoms with E-state index in [4.69, 9.17) is 4.52 Å². The predicted octanol–water partition coefficient (Wildman–Crippen LogP) is 6.03.